The van der Waals surface area contributed by atoms with Crippen LogP contribution in [0.1, 0.15) is 78.6 Å². The van der Waals surface area contributed by atoms with E-state index in [2.05, 4.69) is 26.7 Å². The Morgan fingerprint density at radius 1 is 1.10 bits per heavy atom. The highest BCUT2D eigenvalue weighted by molar-refractivity contribution is 5.07. The molecular formula is C20H37N. The smallest absolute Gasteiger partial charge is 0.0233 e. The Bertz CT molecular complexity index is 303. The summed E-state index contributed by atoms with van der Waals surface area (Å²) in [6.07, 6.45) is 17.7. The van der Waals surface area contributed by atoms with E-state index < -0.39 is 0 Å². The minimum Gasteiger partial charge on any atom is -0.330 e. The monoisotopic (exact) mass is 291 g/mol. The van der Waals surface area contributed by atoms with Crippen molar-refractivity contribution in [3.63, 3.8) is 0 Å². The van der Waals surface area contributed by atoms with Gasteiger partial charge in [-0.3, -0.25) is 0 Å². The number of hydrogen-bond acceptors (Lipinski definition) is 1. The van der Waals surface area contributed by atoms with Gasteiger partial charge in [0, 0.05) is 5.92 Å². The predicted molar refractivity (Wildman–Crippen MR) is 93.9 cm³/mol. The molecule has 0 radical (unpaired) electrons. The summed E-state index contributed by atoms with van der Waals surface area (Å²) in [6, 6.07) is 0. The standard InChI is InChI=1S/C20H37N/c1-5-7-8-9-12-19-17(4)20(19)18(6-2)14-13-16(3)11-10-15-21/h2,16-20H,5,7-15,21H2,1,3-4H3. The van der Waals surface area contributed by atoms with Gasteiger partial charge in [0.2, 0.25) is 0 Å². The molecule has 5 unspecified atom stereocenters. The van der Waals surface area contributed by atoms with E-state index in [1.165, 1.54) is 51.4 Å². The van der Waals surface area contributed by atoms with Crippen LogP contribution in [0.3, 0.4) is 0 Å². The van der Waals surface area contributed by atoms with E-state index in [9.17, 15) is 0 Å². The van der Waals surface area contributed by atoms with Gasteiger partial charge in [-0.1, -0.05) is 46.5 Å². The van der Waals surface area contributed by atoms with Gasteiger partial charge in [-0.15, -0.1) is 12.3 Å². The zero-order chi connectivity index (χ0) is 15.7. The van der Waals surface area contributed by atoms with E-state index in [-0.39, 0.29) is 0 Å². The Morgan fingerprint density at radius 2 is 1.86 bits per heavy atom. The summed E-state index contributed by atoms with van der Waals surface area (Å²) in [6.45, 7) is 7.87. The zero-order valence-corrected chi connectivity index (χ0v) is 14.6. The van der Waals surface area contributed by atoms with Crippen LogP contribution < -0.4 is 5.73 Å². The lowest BCUT2D eigenvalue weighted by Crippen LogP contribution is -2.07. The van der Waals surface area contributed by atoms with Crippen LogP contribution >= 0.6 is 0 Å². The lowest BCUT2D eigenvalue weighted by molar-refractivity contribution is 0.395. The summed E-state index contributed by atoms with van der Waals surface area (Å²) in [4.78, 5) is 0. The maximum atomic E-state index is 5.83. The predicted octanol–water partition coefficient (Wildman–Crippen LogP) is 5.24. The van der Waals surface area contributed by atoms with Crippen molar-refractivity contribution >= 4 is 0 Å². The Hall–Kier alpha value is -0.480. The maximum absolute atomic E-state index is 5.83. The molecular weight excluding hydrogens is 254 g/mol. The van der Waals surface area contributed by atoms with Crippen LogP contribution in [0.4, 0.5) is 0 Å². The van der Waals surface area contributed by atoms with Crippen LogP contribution in [0, 0.1) is 41.9 Å². The van der Waals surface area contributed by atoms with Crippen molar-refractivity contribution in [3.05, 3.63) is 0 Å². The lowest BCUT2D eigenvalue weighted by Gasteiger charge is -2.15. The molecule has 0 spiro atoms. The van der Waals surface area contributed by atoms with Crippen LogP contribution in [0.2, 0.25) is 0 Å². The fraction of sp³-hybridized carbons (Fsp3) is 0.900. The lowest BCUT2D eigenvalue weighted by atomic mass is 9.90. The zero-order valence-electron chi connectivity index (χ0n) is 14.6. The average Bonchev–Trinajstić information content (AvgIpc) is 3.12. The number of unbranched alkanes of at least 4 members (excludes halogenated alkanes) is 3. The summed E-state index contributed by atoms with van der Waals surface area (Å²) in [5.41, 5.74) is 5.59. The van der Waals surface area contributed by atoms with Gasteiger partial charge in [0.1, 0.15) is 0 Å². The number of nitrogens with two attached hydrogens (primary N) is 1. The summed E-state index contributed by atoms with van der Waals surface area (Å²) >= 11 is 0. The molecule has 122 valence electrons. The molecule has 0 saturated heterocycles. The van der Waals surface area contributed by atoms with E-state index in [0.29, 0.717) is 5.92 Å². The van der Waals surface area contributed by atoms with Crippen molar-refractivity contribution in [2.24, 2.45) is 35.3 Å². The van der Waals surface area contributed by atoms with Gasteiger partial charge in [-0.05, 0) is 62.3 Å². The topological polar surface area (TPSA) is 26.0 Å². The average molecular weight is 292 g/mol. The normalized spacial score (nSPS) is 27.1. The Morgan fingerprint density at radius 3 is 2.48 bits per heavy atom. The van der Waals surface area contributed by atoms with Crippen molar-refractivity contribution in [1.82, 2.24) is 0 Å². The molecule has 0 aliphatic heterocycles. The Kier molecular flexibility index (Phi) is 9.09. The summed E-state index contributed by atoms with van der Waals surface area (Å²) < 4.78 is 0. The van der Waals surface area contributed by atoms with Gasteiger partial charge in [-0.2, -0.15) is 0 Å². The molecule has 1 aliphatic rings. The highest BCUT2D eigenvalue weighted by atomic mass is 14.5. The van der Waals surface area contributed by atoms with E-state index in [1.807, 2.05) is 0 Å². The molecule has 1 saturated carbocycles. The molecule has 1 rings (SSSR count). The van der Waals surface area contributed by atoms with Crippen molar-refractivity contribution in [1.29, 1.82) is 0 Å². The minimum absolute atomic E-state index is 0.525. The van der Waals surface area contributed by atoms with Crippen molar-refractivity contribution in [3.8, 4) is 12.3 Å². The molecule has 0 heterocycles. The quantitative estimate of drug-likeness (QED) is 0.386. The fourth-order valence-electron chi connectivity index (χ4n) is 3.97. The molecule has 1 aliphatic carbocycles. The number of hydrogen-bond donors (Lipinski definition) is 1. The van der Waals surface area contributed by atoms with E-state index in [4.69, 9.17) is 12.2 Å². The highest BCUT2D eigenvalue weighted by Crippen LogP contribution is 2.54. The second-order valence-corrected chi connectivity index (χ2v) is 7.34. The second-order valence-electron chi connectivity index (χ2n) is 7.34. The fourth-order valence-corrected chi connectivity index (χ4v) is 3.97. The highest BCUT2D eigenvalue weighted by Gasteiger charge is 2.49. The molecule has 1 nitrogen and oxygen atoms in total. The van der Waals surface area contributed by atoms with Crippen LogP contribution in [0.25, 0.3) is 0 Å². The Labute approximate surface area is 133 Å². The summed E-state index contributed by atoms with van der Waals surface area (Å²) in [5, 5.41) is 0. The van der Waals surface area contributed by atoms with Crippen LogP contribution in [-0.2, 0) is 0 Å². The second kappa shape index (κ2) is 10.3. The maximum Gasteiger partial charge on any atom is 0.0233 e. The Balaban J connectivity index is 2.25. The van der Waals surface area contributed by atoms with E-state index in [1.54, 1.807) is 0 Å². The van der Waals surface area contributed by atoms with Gasteiger partial charge in [0.05, 0.1) is 0 Å². The van der Waals surface area contributed by atoms with Gasteiger partial charge < -0.3 is 5.73 Å². The first kappa shape index (κ1) is 18.6. The van der Waals surface area contributed by atoms with Gasteiger partial charge in [0.25, 0.3) is 0 Å². The molecule has 1 heteroatoms. The van der Waals surface area contributed by atoms with Crippen molar-refractivity contribution in [2.75, 3.05) is 6.54 Å². The number of terminal acetylenes is 1. The van der Waals surface area contributed by atoms with E-state index in [0.717, 1.165) is 36.6 Å². The third-order valence-corrected chi connectivity index (χ3v) is 5.58. The van der Waals surface area contributed by atoms with Crippen molar-refractivity contribution < 1.29 is 0 Å². The third kappa shape index (κ3) is 6.43. The van der Waals surface area contributed by atoms with E-state index >= 15 is 0 Å². The molecule has 0 amide bonds. The van der Waals surface area contributed by atoms with Gasteiger partial charge in [0.15, 0.2) is 0 Å². The number of rotatable bonds is 12. The molecule has 1 fully saturated rings. The van der Waals surface area contributed by atoms with Crippen LogP contribution in [-0.4, -0.2) is 6.54 Å². The molecule has 21 heavy (non-hydrogen) atoms. The molecule has 2 N–H and O–H groups in total. The van der Waals surface area contributed by atoms with Gasteiger partial charge in [-0.25, -0.2) is 0 Å². The molecule has 0 bridgehead atoms. The molecule has 5 atom stereocenters. The van der Waals surface area contributed by atoms with Crippen LogP contribution in [0.15, 0.2) is 0 Å². The first-order chi connectivity index (χ1) is 10.2. The SMILES string of the molecule is C#CC(CCC(C)CCCN)C1C(C)C1CCCCCC. The van der Waals surface area contributed by atoms with Crippen molar-refractivity contribution in [2.45, 2.75) is 78.6 Å². The summed E-state index contributed by atoms with van der Waals surface area (Å²) in [7, 11) is 0. The summed E-state index contributed by atoms with van der Waals surface area (Å²) in [5.74, 6) is 7.02. The largest absolute Gasteiger partial charge is 0.330 e. The molecule has 0 aromatic rings. The third-order valence-electron chi connectivity index (χ3n) is 5.58. The first-order valence-corrected chi connectivity index (χ1v) is 9.31. The molecule has 0 aromatic heterocycles. The molecule has 0 aromatic carbocycles. The first-order valence-electron chi connectivity index (χ1n) is 9.31. The van der Waals surface area contributed by atoms with Gasteiger partial charge >= 0.3 is 0 Å². The van der Waals surface area contributed by atoms with Crippen LogP contribution in [0.5, 0.6) is 0 Å². The minimum atomic E-state index is 0.525.